The summed E-state index contributed by atoms with van der Waals surface area (Å²) < 4.78 is 15.6. The van der Waals surface area contributed by atoms with Crippen LogP contribution >= 0.6 is 11.6 Å². The third kappa shape index (κ3) is 3.68. The van der Waals surface area contributed by atoms with E-state index in [9.17, 15) is 9.18 Å². The Labute approximate surface area is 138 Å². The van der Waals surface area contributed by atoms with Gasteiger partial charge < -0.3 is 4.90 Å². The molecule has 8 heteroatoms. The van der Waals surface area contributed by atoms with E-state index in [1.165, 1.54) is 24.5 Å². The van der Waals surface area contributed by atoms with Crippen LogP contribution in [-0.2, 0) is 6.54 Å². The zero-order valence-corrected chi connectivity index (χ0v) is 13.3. The van der Waals surface area contributed by atoms with Crippen molar-refractivity contribution in [3.63, 3.8) is 0 Å². The minimum atomic E-state index is -0.573. The van der Waals surface area contributed by atoms with E-state index in [4.69, 9.17) is 11.6 Å². The number of benzene rings is 1. The molecule has 1 saturated heterocycles. The van der Waals surface area contributed by atoms with Crippen molar-refractivity contribution >= 4 is 17.5 Å². The first-order chi connectivity index (χ1) is 11.1. The van der Waals surface area contributed by atoms with E-state index in [-0.39, 0.29) is 16.5 Å². The van der Waals surface area contributed by atoms with E-state index in [0.717, 1.165) is 26.2 Å². The third-order valence-electron chi connectivity index (χ3n) is 3.95. The van der Waals surface area contributed by atoms with Gasteiger partial charge in [-0.15, -0.1) is 0 Å². The fourth-order valence-electron chi connectivity index (χ4n) is 2.63. The lowest BCUT2D eigenvalue weighted by Gasteiger charge is -2.34. The fraction of sp³-hybridized carbons (Fsp3) is 0.400. The average molecular weight is 338 g/mol. The SMILES string of the molecule is O=C(c1c(F)cccc1Cl)N1CCN(CCn2cncn2)CC1. The molecular weight excluding hydrogens is 321 g/mol. The normalized spacial score (nSPS) is 15.8. The van der Waals surface area contributed by atoms with E-state index in [0.29, 0.717) is 13.1 Å². The summed E-state index contributed by atoms with van der Waals surface area (Å²) in [6.07, 6.45) is 3.19. The second-order valence-electron chi connectivity index (χ2n) is 5.39. The summed E-state index contributed by atoms with van der Waals surface area (Å²) in [6.45, 7) is 4.19. The second-order valence-corrected chi connectivity index (χ2v) is 5.80. The van der Waals surface area contributed by atoms with Crippen LogP contribution in [0, 0.1) is 5.82 Å². The van der Waals surface area contributed by atoms with Crippen molar-refractivity contribution in [3.05, 3.63) is 47.3 Å². The van der Waals surface area contributed by atoms with Crippen LogP contribution in [0.15, 0.2) is 30.9 Å². The molecule has 1 aromatic carbocycles. The molecule has 1 fully saturated rings. The smallest absolute Gasteiger partial charge is 0.258 e. The van der Waals surface area contributed by atoms with Crippen molar-refractivity contribution in [2.24, 2.45) is 0 Å². The Morgan fingerprint density at radius 2 is 2.00 bits per heavy atom. The highest BCUT2D eigenvalue weighted by atomic mass is 35.5. The Balaban J connectivity index is 1.55. The van der Waals surface area contributed by atoms with E-state index >= 15 is 0 Å². The van der Waals surface area contributed by atoms with Crippen LogP contribution in [0.1, 0.15) is 10.4 Å². The fourth-order valence-corrected chi connectivity index (χ4v) is 2.87. The van der Waals surface area contributed by atoms with Crippen molar-refractivity contribution in [2.45, 2.75) is 6.54 Å². The standard InChI is InChI=1S/C15H17ClFN5O/c16-12-2-1-3-13(17)14(12)15(23)21-7-4-20(5-8-21)6-9-22-11-18-10-19-22/h1-3,10-11H,4-9H2. The summed E-state index contributed by atoms with van der Waals surface area (Å²) in [7, 11) is 0. The quantitative estimate of drug-likeness (QED) is 0.849. The first-order valence-electron chi connectivity index (χ1n) is 7.43. The Morgan fingerprint density at radius 1 is 1.22 bits per heavy atom. The molecule has 0 bridgehead atoms. The van der Waals surface area contributed by atoms with Crippen LogP contribution < -0.4 is 0 Å². The summed E-state index contributed by atoms with van der Waals surface area (Å²) in [5.41, 5.74) is -0.0368. The summed E-state index contributed by atoms with van der Waals surface area (Å²) in [4.78, 5) is 20.3. The van der Waals surface area contributed by atoms with Gasteiger partial charge in [-0.25, -0.2) is 9.37 Å². The Kier molecular flexibility index (Phi) is 4.88. The van der Waals surface area contributed by atoms with Gasteiger partial charge in [0.2, 0.25) is 0 Å². The molecular formula is C15H17ClFN5O. The molecule has 6 nitrogen and oxygen atoms in total. The van der Waals surface area contributed by atoms with Gasteiger partial charge in [0.25, 0.3) is 5.91 Å². The highest BCUT2D eigenvalue weighted by Gasteiger charge is 2.25. The van der Waals surface area contributed by atoms with Gasteiger partial charge in [0.1, 0.15) is 18.5 Å². The minimum absolute atomic E-state index is 0.0368. The molecule has 0 unspecified atom stereocenters. The van der Waals surface area contributed by atoms with Crippen molar-refractivity contribution in [1.29, 1.82) is 0 Å². The number of carbonyl (C=O) groups excluding carboxylic acids is 1. The molecule has 0 saturated carbocycles. The van der Waals surface area contributed by atoms with Gasteiger partial charge in [-0.2, -0.15) is 5.10 Å². The van der Waals surface area contributed by atoms with Crippen LogP contribution in [0.2, 0.25) is 5.02 Å². The highest BCUT2D eigenvalue weighted by molar-refractivity contribution is 6.33. The van der Waals surface area contributed by atoms with Crippen LogP contribution in [0.5, 0.6) is 0 Å². The largest absolute Gasteiger partial charge is 0.336 e. The van der Waals surface area contributed by atoms with Crippen LogP contribution in [0.3, 0.4) is 0 Å². The molecule has 2 aromatic rings. The number of nitrogens with zero attached hydrogens (tertiary/aromatic N) is 5. The van der Waals surface area contributed by atoms with Crippen molar-refractivity contribution in [3.8, 4) is 0 Å². The van der Waals surface area contributed by atoms with E-state index in [1.54, 1.807) is 15.9 Å². The first kappa shape index (κ1) is 15.9. The van der Waals surface area contributed by atoms with Crippen molar-refractivity contribution in [2.75, 3.05) is 32.7 Å². The van der Waals surface area contributed by atoms with E-state index in [1.807, 2.05) is 0 Å². The topological polar surface area (TPSA) is 54.3 Å². The molecule has 1 aromatic heterocycles. The monoisotopic (exact) mass is 337 g/mol. The van der Waals surface area contributed by atoms with Gasteiger partial charge in [-0.1, -0.05) is 17.7 Å². The van der Waals surface area contributed by atoms with Crippen LogP contribution in [0.25, 0.3) is 0 Å². The molecule has 1 amide bonds. The molecule has 2 heterocycles. The zero-order valence-electron chi connectivity index (χ0n) is 12.5. The number of halogens is 2. The molecule has 0 spiro atoms. The van der Waals surface area contributed by atoms with E-state index < -0.39 is 5.82 Å². The zero-order chi connectivity index (χ0) is 16.2. The first-order valence-corrected chi connectivity index (χ1v) is 7.81. The van der Waals surface area contributed by atoms with Gasteiger partial charge in [0.05, 0.1) is 17.1 Å². The molecule has 0 aliphatic carbocycles. The highest BCUT2D eigenvalue weighted by Crippen LogP contribution is 2.21. The maximum atomic E-state index is 13.9. The van der Waals surface area contributed by atoms with E-state index in [2.05, 4.69) is 15.0 Å². The number of hydrogen-bond donors (Lipinski definition) is 0. The predicted molar refractivity (Wildman–Crippen MR) is 83.8 cm³/mol. The molecule has 1 aliphatic rings. The molecule has 0 N–H and O–H groups in total. The minimum Gasteiger partial charge on any atom is -0.336 e. The summed E-state index contributed by atoms with van der Waals surface area (Å²) in [5.74, 6) is -0.917. The van der Waals surface area contributed by atoms with Crippen molar-refractivity contribution in [1.82, 2.24) is 24.6 Å². The van der Waals surface area contributed by atoms with Gasteiger partial charge >= 0.3 is 0 Å². The Hall–Kier alpha value is -1.99. The number of hydrogen-bond acceptors (Lipinski definition) is 4. The number of carbonyl (C=O) groups is 1. The number of amides is 1. The average Bonchev–Trinajstić information content (AvgIpc) is 3.06. The van der Waals surface area contributed by atoms with Crippen LogP contribution in [0.4, 0.5) is 4.39 Å². The lowest BCUT2D eigenvalue weighted by Crippen LogP contribution is -2.49. The maximum Gasteiger partial charge on any atom is 0.258 e. The Morgan fingerprint density at radius 3 is 2.65 bits per heavy atom. The van der Waals surface area contributed by atoms with Gasteiger partial charge in [0, 0.05) is 32.7 Å². The second kappa shape index (κ2) is 7.06. The molecule has 1 aliphatic heterocycles. The summed E-state index contributed by atoms with van der Waals surface area (Å²) in [6, 6.07) is 4.29. The van der Waals surface area contributed by atoms with Crippen molar-refractivity contribution < 1.29 is 9.18 Å². The molecule has 0 atom stereocenters. The summed E-state index contributed by atoms with van der Waals surface area (Å²) in [5, 5.41) is 4.22. The third-order valence-corrected chi connectivity index (χ3v) is 4.26. The molecule has 3 rings (SSSR count). The lowest BCUT2D eigenvalue weighted by atomic mass is 10.1. The Bertz CT molecular complexity index is 650. The number of aromatic nitrogens is 3. The number of piperazine rings is 1. The predicted octanol–water partition coefficient (Wildman–Crippen LogP) is 1.53. The molecule has 122 valence electrons. The molecule has 23 heavy (non-hydrogen) atoms. The lowest BCUT2D eigenvalue weighted by molar-refractivity contribution is 0.0627. The van der Waals surface area contributed by atoms with Gasteiger partial charge in [0.15, 0.2) is 0 Å². The van der Waals surface area contributed by atoms with Gasteiger partial charge in [-0.05, 0) is 12.1 Å². The molecule has 0 radical (unpaired) electrons. The maximum absolute atomic E-state index is 13.9. The summed E-state index contributed by atoms with van der Waals surface area (Å²) >= 11 is 5.97. The number of rotatable bonds is 4. The van der Waals surface area contributed by atoms with Crippen LogP contribution in [-0.4, -0.2) is 63.2 Å². The van der Waals surface area contributed by atoms with Gasteiger partial charge in [-0.3, -0.25) is 14.4 Å².